The van der Waals surface area contributed by atoms with Gasteiger partial charge in [-0.2, -0.15) is 0 Å². The summed E-state index contributed by atoms with van der Waals surface area (Å²) in [6, 6.07) is 12.5. The first-order chi connectivity index (χ1) is 16.5. The van der Waals surface area contributed by atoms with Gasteiger partial charge >= 0.3 is 5.97 Å². The number of carboxylic acid groups (broad SMARTS) is 1. The molecule has 0 unspecified atom stereocenters. The largest absolute Gasteiger partial charge is 0.475 e. The molecule has 0 aliphatic carbocycles. The smallest absolute Gasteiger partial charge is 0.372 e. The number of hydrogen-bond acceptors (Lipinski definition) is 4. The van der Waals surface area contributed by atoms with E-state index in [2.05, 4.69) is 38.8 Å². The second-order valence-corrected chi connectivity index (χ2v) is 15.4. The van der Waals surface area contributed by atoms with Gasteiger partial charge < -0.3 is 18.5 Å². The molecule has 1 aliphatic rings. The number of aromatic nitrogens is 2. The minimum absolute atomic E-state index is 0.0296. The molecule has 6 nitrogen and oxygen atoms in total. The molecule has 0 bridgehead atoms. The second kappa shape index (κ2) is 8.17. The van der Waals surface area contributed by atoms with E-state index in [0.29, 0.717) is 17.6 Å². The quantitative estimate of drug-likeness (QED) is 0.288. The Morgan fingerprint density at radius 3 is 2.71 bits per heavy atom. The van der Waals surface area contributed by atoms with Gasteiger partial charge in [0.15, 0.2) is 8.32 Å². The zero-order valence-electron chi connectivity index (χ0n) is 20.5. The van der Waals surface area contributed by atoms with Crippen molar-refractivity contribution in [1.82, 2.24) is 9.55 Å². The zero-order valence-corrected chi connectivity index (χ0v) is 21.5. The molecule has 2 atom stereocenters. The minimum Gasteiger partial charge on any atom is -0.475 e. The number of carboxylic acids is 1. The van der Waals surface area contributed by atoms with Crippen molar-refractivity contribution in [1.29, 1.82) is 0 Å². The van der Waals surface area contributed by atoms with Crippen LogP contribution in [0, 0.1) is 5.82 Å². The molecule has 0 fully saturated rings. The first kappa shape index (κ1) is 23.5. The lowest BCUT2D eigenvalue weighted by Crippen LogP contribution is -2.42. The van der Waals surface area contributed by atoms with Crippen LogP contribution < -0.4 is 0 Å². The third kappa shape index (κ3) is 3.90. The van der Waals surface area contributed by atoms with E-state index in [1.54, 1.807) is 23.1 Å². The molecule has 35 heavy (non-hydrogen) atoms. The Balaban J connectivity index is 1.65. The Morgan fingerprint density at radius 2 is 2.00 bits per heavy atom. The minimum atomic E-state index is -2.33. The van der Waals surface area contributed by atoms with Crippen LogP contribution in [-0.4, -0.2) is 28.9 Å². The van der Waals surface area contributed by atoms with E-state index < -0.39 is 26.2 Å². The first-order valence-corrected chi connectivity index (χ1v) is 14.6. The van der Waals surface area contributed by atoms with Crippen LogP contribution in [-0.2, 0) is 4.43 Å². The third-order valence-corrected chi connectivity index (χ3v) is 12.0. The van der Waals surface area contributed by atoms with E-state index in [9.17, 15) is 9.90 Å². The van der Waals surface area contributed by atoms with Gasteiger partial charge in [-0.3, -0.25) is 0 Å². The molecule has 0 spiro atoms. The van der Waals surface area contributed by atoms with Crippen LogP contribution >= 0.6 is 0 Å². The lowest BCUT2D eigenvalue weighted by atomic mass is 9.95. The van der Waals surface area contributed by atoms with E-state index in [4.69, 9.17) is 8.84 Å². The van der Waals surface area contributed by atoms with Crippen molar-refractivity contribution < 1.29 is 23.1 Å². The van der Waals surface area contributed by atoms with Crippen LogP contribution in [0.1, 0.15) is 61.1 Å². The molecule has 8 heteroatoms. The molecule has 0 saturated heterocycles. The molecule has 182 valence electrons. The van der Waals surface area contributed by atoms with Crippen LogP contribution in [0.5, 0.6) is 0 Å². The van der Waals surface area contributed by atoms with E-state index in [-0.39, 0.29) is 16.9 Å². The predicted molar refractivity (Wildman–Crippen MR) is 135 cm³/mol. The van der Waals surface area contributed by atoms with Crippen molar-refractivity contribution in [2.75, 3.05) is 0 Å². The van der Waals surface area contributed by atoms with Crippen molar-refractivity contribution in [2.24, 2.45) is 0 Å². The highest BCUT2D eigenvalue weighted by Gasteiger charge is 2.42. The Morgan fingerprint density at radius 1 is 1.26 bits per heavy atom. The summed E-state index contributed by atoms with van der Waals surface area (Å²) < 4.78 is 29.5. The summed E-state index contributed by atoms with van der Waals surface area (Å²) in [6.45, 7) is 10.7. The maximum absolute atomic E-state index is 15.5. The maximum Gasteiger partial charge on any atom is 0.372 e. The number of benzene rings is 2. The van der Waals surface area contributed by atoms with E-state index in [0.717, 1.165) is 22.2 Å². The van der Waals surface area contributed by atoms with Gasteiger partial charge in [-0.1, -0.05) is 45.0 Å². The van der Waals surface area contributed by atoms with E-state index >= 15 is 4.39 Å². The van der Waals surface area contributed by atoms with Crippen molar-refractivity contribution in [2.45, 2.75) is 57.5 Å². The van der Waals surface area contributed by atoms with Gasteiger partial charge in [-0.05, 0) is 35.8 Å². The number of halogens is 1. The highest BCUT2D eigenvalue weighted by molar-refractivity contribution is 6.74. The average Bonchev–Trinajstić information content (AvgIpc) is 3.47. The first-order valence-electron chi connectivity index (χ1n) is 11.7. The molecule has 1 aliphatic heterocycles. The summed E-state index contributed by atoms with van der Waals surface area (Å²) in [5.41, 5.74) is 3.61. The average molecular weight is 493 g/mol. The number of hydrogen-bond donors (Lipinski definition) is 1. The number of furan rings is 1. The van der Waals surface area contributed by atoms with Gasteiger partial charge in [0.2, 0.25) is 5.82 Å². The van der Waals surface area contributed by atoms with Gasteiger partial charge in [0, 0.05) is 29.0 Å². The molecule has 3 heterocycles. The fraction of sp³-hybridized carbons (Fsp3) is 0.333. The lowest BCUT2D eigenvalue weighted by molar-refractivity contribution is 0.0674. The van der Waals surface area contributed by atoms with Gasteiger partial charge in [0.25, 0.3) is 0 Å². The summed E-state index contributed by atoms with van der Waals surface area (Å²) in [5, 5.41) is 10.5. The van der Waals surface area contributed by atoms with Crippen LogP contribution in [0.25, 0.3) is 22.2 Å². The summed E-state index contributed by atoms with van der Waals surface area (Å²) in [4.78, 5) is 16.2. The topological polar surface area (TPSA) is 77.5 Å². The molecule has 1 N–H and O–H groups in total. The number of fused-ring (bicyclic) bond motifs is 4. The molecule has 4 aromatic rings. The molecule has 2 aromatic carbocycles. The van der Waals surface area contributed by atoms with Gasteiger partial charge in [-0.25, -0.2) is 14.2 Å². The fourth-order valence-electron chi connectivity index (χ4n) is 4.65. The highest BCUT2D eigenvalue weighted by atomic mass is 28.4. The number of carbonyl (C=O) groups is 1. The summed E-state index contributed by atoms with van der Waals surface area (Å²) in [7, 11) is -2.33. The fourth-order valence-corrected chi connectivity index (χ4v) is 5.94. The lowest BCUT2D eigenvalue weighted by Gasteiger charge is -2.40. The van der Waals surface area contributed by atoms with Crippen molar-refractivity contribution in [3.63, 3.8) is 0 Å². The number of aromatic carboxylic acids is 1. The number of nitrogens with zero attached hydrogens (tertiary/aromatic N) is 2. The molecule has 2 aromatic heterocycles. The Bertz CT molecular complexity index is 1430. The van der Waals surface area contributed by atoms with Crippen LogP contribution in [0.2, 0.25) is 18.1 Å². The SMILES string of the molecule is CC(C)(C)[Si](C)(C)O[C@@H](C[C@H]1c2ccccc2-c2cnc(C(=O)O)n21)c1cc2ccoc2cc1F. The molecule has 0 amide bonds. The summed E-state index contributed by atoms with van der Waals surface area (Å²) >= 11 is 0. The van der Waals surface area contributed by atoms with Crippen LogP contribution in [0.15, 0.2) is 59.3 Å². The summed E-state index contributed by atoms with van der Waals surface area (Å²) in [5.74, 6) is -1.52. The Kier molecular flexibility index (Phi) is 5.49. The van der Waals surface area contributed by atoms with Gasteiger partial charge in [-0.15, -0.1) is 0 Å². The molecule has 0 saturated carbocycles. The standard InChI is InChI=1S/C27H29FN2O4Si/c1-27(2,3)35(4,5)34-24(19-12-16-10-11-33-23(16)13-20(19)28)14-21-17-8-6-7-9-18(17)22-15-29-25(26(31)32)30(21)22/h6-13,15,21,24H,14H2,1-5H3,(H,31,32)/t21-,24-/m0/s1. The third-order valence-electron chi connectivity index (χ3n) is 7.49. The van der Waals surface area contributed by atoms with Crippen molar-refractivity contribution in [3.8, 4) is 11.3 Å². The Labute approximate surface area is 204 Å². The van der Waals surface area contributed by atoms with Crippen molar-refractivity contribution >= 4 is 25.3 Å². The Hall–Kier alpha value is -3.23. The maximum atomic E-state index is 15.5. The number of rotatable bonds is 6. The van der Waals surface area contributed by atoms with Crippen LogP contribution in [0.4, 0.5) is 4.39 Å². The molecule has 0 radical (unpaired) electrons. The van der Waals surface area contributed by atoms with Gasteiger partial charge in [0.1, 0.15) is 11.4 Å². The van der Waals surface area contributed by atoms with E-state index in [1.807, 2.05) is 30.3 Å². The summed E-state index contributed by atoms with van der Waals surface area (Å²) in [6.07, 6.45) is 2.92. The highest BCUT2D eigenvalue weighted by Crippen LogP contribution is 2.48. The monoisotopic (exact) mass is 492 g/mol. The second-order valence-electron chi connectivity index (χ2n) is 10.7. The zero-order chi connectivity index (χ0) is 25.1. The number of imidazole rings is 1. The molecular formula is C27H29FN2O4Si. The normalized spacial score (nSPS) is 16.3. The predicted octanol–water partition coefficient (Wildman–Crippen LogP) is 7.19. The molecular weight excluding hydrogens is 463 g/mol. The van der Waals surface area contributed by atoms with Gasteiger partial charge in [0.05, 0.1) is 30.3 Å². The van der Waals surface area contributed by atoms with Crippen molar-refractivity contribution in [3.05, 3.63) is 77.7 Å². The van der Waals surface area contributed by atoms with E-state index in [1.165, 1.54) is 6.07 Å². The molecule has 5 rings (SSSR count). The van der Waals surface area contributed by atoms with Crippen LogP contribution in [0.3, 0.4) is 0 Å².